The van der Waals surface area contributed by atoms with Crippen molar-refractivity contribution in [3.05, 3.63) is 59.2 Å². The molecule has 6 nitrogen and oxygen atoms in total. The van der Waals surface area contributed by atoms with Crippen molar-refractivity contribution in [1.29, 1.82) is 0 Å². The van der Waals surface area contributed by atoms with Gasteiger partial charge in [0, 0.05) is 23.2 Å². The summed E-state index contributed by atoms with van der Waals surface area (Å²) < 4.78 is 5.57. The minimum atomic E-state index is -0.528. The number of carbonyl (C=O) groups excluding carboxylic acids is 3. The molecule has 0 bridgehead atoms. The highest BCUT2D eigenvalue weighted by atomic mass is 16.5. The Balaban J connectivity index is 1.81. The molecule has 0 fully saturated rings. The third-order valence-corrected chi connectivity index (χ3v) is 3.84. The summed E-state index contributed by atoms with van der Waals surface area (Å²) in [5.74, 6) is -0.129. The van der Waals surface area contributed by atoms with E-state index in [-0.39, 0.29) is 18.1 Å². The lowest BCUT2D eigenvalue weighted by Gasteiger charge is -2.09. The first-order valence-electron chi connectivity index (χ1n) is 8.31. The Morgan fingerprint density at radius 2 is 1.88 bits per heavy atom. The van der Waals surface area contributed by atoms with Gasteiger partial charge in [-0.3, -0.25) is 14.4 Å². The van der Waals surface area contributed by atoms with Gasteiger partial charge in [0.1, 0.15) is 5.75 Å². The second-order valence-electron chi connectivity index (χ2n) is 5.98. The molecule has 136 valence electrons. The molecule has 0 aromatic heterocycles. The molecule has 2 aromatic rings. The third kappa shape index (κ3) is 5.44. The molecule has 3 N–H and O–H groups in total. The van der Waals surface area contributed by atoms with Crippen LogP contribution < -0.4 is 15.8 Å². The summed E-state index contributed by atoms with van der Waals surface area (Å²) in [6.45, 7) is 3.64. The standard InChI is InChI=1S/C20H22N2O4/c1-13-8-9-16(12-18(13)20(21)25)22-19(24)7-4-10-26-17-6-3-5-15(11-17)14(2)23/h3,5-6,8-9,11-12H,4,7,10H2,1-2H3,(H2,21,25)(H,22,24). The summed E-state index contributed by atoms with van der Waals surface area (Å²) in [5, 5.41) is 2.74. The number of benzene rings is 2. The molecule has 0 aliphatic heterocycles. The summed E-state index contributed by atoms with van der Waals surface area (Å²) in [4.78, 5) is 34.7. The predicted octanol–water partition coefficient (Wildman–Crippen LogP) is 3.09. The number of Topliss-reactive ketones (excluding diaryl/α,β-unsaturated/α-hetero) is 1. The summed E-state index contributed by atoms with van der Waals surface area (Å²) in [6.07, 6.45) is 0.789. The number of nitrogens with two attached hydrogens (primary N) is 1. The maximum Gasteiger partial charge on any atom is 0.249 e. The van der Waals surface area contributed by atoms with Crippen molar-refractivity contribution in [3.63, 3.8) is 0 Å². The lowest BCUT2D eigenvalue weighted by atomic mass is 10.1. The van der Waals surface area contributed by atoms with Gasteiger partial charge in [-0.05, 0) is 50.1 Å². The van der Waals surface area contributed by atoms with Gasteiger partial charge in [-0.25, -0.2) is 0 Å². The number of ether oxygens (including phenoxy) is 1. The molecule has 26 heavy (non-hydrogen) atoms. The Labute approximate surface area is 152 Å². The number of nitrogens with one attached hydrogen (secondary N) is 1. The Morgan fingerprint density at radius 1 is 1.12 bits per heavy atom. The van der Waals surface area contributed by atoms with Gasteiger partial charge in [-0.15, -0.1) is 0 Å². The van der Waals surface area contributed by atoms with Crippen LogP contribution in [0.3, 0.4) is 0 Å². The zero-order chi connectivity index (χ0) is 19.1. The molecule has 2 aromatic carbocycles. The Hall–Kier alpha value is -3.15. The van der Waals surface area contributed by atoms with E-state index in [4.69, 9.17) is 10.5 Å². The van der Waals surface area contributed by atoms with Crippen LogP contribution in [0.2, 0.25) is 0 Å². The van der Waals surface area contributed by atoms with Crippen molar-refractivity contribution in [1.82, 2.24) is 0 Å². The first kappa shape index (κ1) is 19.2. The van der Waals surface area contributed by atoms with Gasteiger partial charge in [-0.2, -0.15) is 0 Å². The van der Waals surface area contributed by atoms with Crippen LogP contribution in [0, 0.1) is 6.92 Å². The second-order valence-corrected chi connectivity index (χ2v) is 5.98. The monoisotopic (exact) mass is 354 g/mol. The zero-order valence-corrected chi connectivity index (χ0v) is 14.9. The van der Waals surface area contributed by atoms with Crippen LogP contribution in [-0.2, 0) is 4.79 Å². The largest absolute Gasteiger partial charge is 0.494 e. The summed E-state index contributed by atoms with van der Waals surface area (Å²) in [7, 11) is 0. The van der Waals surface area contributed by atoms with Crippen LogP contribution in [0.5, 0.6) is 5.75 Å². The number of anilines is 1. The minimum absolute atomic E-state index is 0.0248. The highest BCUT2D eigenvalue weighted by molar-refractivity contribution is 5.97. The van der Waals surface area contributed by atoms with Crippen LogP contribution in [0.1, 0.15) is 46.0 Å². The lowest BCUT2D eigenvalue weighted by molar-refractivity contribution is -0.116. The molecular formula is C20H22N2O4. The lowest BCUT2D eigenvalue weighted by Crippen LogP contribution is -2.16. The molecule has 0 aliphatic rings. The first-order valence-corrected chi connectivity index (χ1v) is 8.31. The van der Waals surface area contributed by atoms with E-state index < -0.39 is 5.91 Å². The van der Waals surface area contributed by atoms with Crippen LogP contribution >= 0.6 is 0 Å². The van der Waals surface area contributed by atoms with E-state index >= 15 is 0 Å². The number of amides is 2. The third-order valence-electron chi connectivity index (χ3n) is 3.84. The number of hydrogen-bond acceptors (Lipinski definition) is 4. The molecule has 0 heterocycles. The molecule has 0 saturated heterocycles. The molecule has 0 aliphatic carbocycles. The van der Waals surface area contributed by atoms with Crippen molar-refractivity contribution in [2.45, 2.75) is 26.7 Å². The molecule has 0 saturated carbocycles. The minimum Gasteiger partial charge on any atom is -0.494 e. The molecule has 0 radical (unpaired) electrons. The number of rotatable bonds is 8. The number of aryl methyl sites for hydroxylation is 1. The Kier molecular flexibility index (Phi) is 6.49. The SMILES string of the molecule is CC(=O)c1cccc(OCCCC(=O)Nc2ccc(C)c(C(N)=O)c2)c1. The molecule has 0 spiro atoms. The van der Waals surface area contributed by atoms with E-state index in [1.54, 1.807) is 49.4 Å². The van der Waals surface area contributed by atoms with Gasteiger partial charge >= 0.3 is 0 Å². The fourth-order valence-corrected chi connectivity index (χ4v) is 2.42. The number of hydrogen-bond donors (Lipinski definition) is 2. The van der Waals surface area contributed by atoms with Gasteiger partial charge in [0.2, 0.25) is 11.8 Å². The maximum absolute atomic E-state index is 12.0. The number of ketones is 1. The van der Waals surface area contributed by atoms with E-state index in [0.29, 0.717) is 35.6 Å². The quantitative estimate of drug-likeness (QED) is 0.562. The highest BCUT2D eigenvalue weighted by Crippen LogP contribution is 2.16. The van der Waals surface area contributed by atoms with E-state index in [9.17, 15) is 14.4 Å². The van der Waals surface area contributed by atoms with Crippen molar-refractivity contribution < 1.29 is 19.1 Å². The smallest absolute Gasteiger partial charge is 0.249 e. The van der Waals surface area contributed by atoms with E-state index in [2.05, 4.69) is 5.32 Å². The number of primary amides is 1. The fraction of sp³-hybridized carbons (Fsp3) is 0.250. The van der Waals surface area contributed by atoms with Gasteiger partial charge in [-0.1, -0.05) is 18.2 Å². The second kappa shape index (κ2) is 8.80. The first-order chi connectivity index (χ1) is 12.4. The normalized spacial score (nSPS) is 10.2. The van der Waals surface area contributed by atoms with Gasteiger partial charge in [0.15, 0.2) is 5.78 Å². The molecule has 6 heteroatoms. The van der Waals surface area contributed by atoms with Crippen LogP contribution in [0.15, 0.2) is 42.5 Å². The van der Waals surface area contributed by atoms with E-state index in [0.717, 1.165) is 5.56 Å². The maximum atomic E-state index is 12.0. The Morgan fingerprint density at radius 3 is 2.58 bits per heavy atom. The van der Waals surface area contributed by atoms with Gasteiger partial charge < -0.3 is 15.8 Å². The van der Waals surface area contributed by atoms with Crippen LogP contribution in [0.4, 0.5) is 5.69 Å². The average molecular weight is 354 g/mol. The topological polar surface area (TPSA) is 98.5 Å². The van der Waals surface area contributed by atoms with Gasteiger partial charge in [0.05, 0.1) is 6.61 Å². The number of carbonyl (C=O) groups is 3. The fourth-order valence-electron chi connectivity index (χ4n) is 2.42. The zero-order valence-electron chi connectivity index (χ0n) is 14.9. The summed E-state index contributed by atoms with van der Waals surface area (Å²) in [6, 6.07) is 12.0. The summed E-state index contributed by atoms with van der Waals surface area (Å²) >= 11 is 0. The van der Waals surface area contributed by atoms with Crippen molar-refractivity contribution in [2.24, 2.45) is 5.73 Å². The van der Waals surface area contributed by atoms with Gasteiger partial charge in [0.25, 0.3) is 0 Å². The van der Waals surface area contributed by atoms with E-state index in [1.807, 2.05) is 0 Å². The average Bonchev–Trinajstić information content (AvgIpc) is 2.60. The van der Waals surface area contributed by atoms with Crippen molar-refractivity contribution >= 4 is 23.3 Å². The van der Waals surface area contributed by atoms with Crippen molar-refractivity contribution in [2.75, 3.05) is 11.9 Å². The summed E-state index contributed by atoms with van der Waals surface area (Å²) in [5.41, 5.74) is 7.57. The van der Waals surface area contributed by atoms with Crippen LogP contribution in [0.25, 0.3) is 0 Å². The molecule has 0 unspecified atom stereocenters. The van der Waals surface area contributed by atoms with E-state index in [1.165, 1.54) is 6.92 Å². The Bertz CT molecular complexity index is 830. The molecule has 2 rings (SSSR count). The molecular weight excluding hydrogens is 332 g/mol. The highest BCUT2D eigenvalue weighted by Gasteiger charge is 2.08. The molecule has 2 amide bonds. The van der Waals surface area contributed by atoms with Crippen molar-refractivity contribution in [3.8, 4) is 5.75 Å². The van der Waals surface area contributed by atoms with Crippen LogP contribution in [-0.4, -0.2) is 24.2 Å². The predicted molar refractivity (Wildman–Crippen MR) is 99.5 cm³/mol. The molecule has 0 atom stereocenters.